The molecule has 0 spiro atoms. The molecule has 1 aliphatic carbocycles. The second kappa shape index (κ2) is 6.48. The first-order valence-corrected chi connectivity index (χ1v) is 10.3. The molecule has 1 aromatic carbocycles. The van der Waals surface area contributed by atoms with Crippen molar-refractivity contribution >= 4 is 27.0 Å². The van der Waals surface area contributed by atoms with Crippen LogP contribution in [0.15, 0.2) is 34.5 Å². The van der Waals surface area contributed by atoms with Crippen molar-refractivity contribution in [3.8, 4) is 0 Å². The van der Waals surface area contributed by atoms with Crippen molar-refractivity contribution in [2.24, 2.45) is 16.1 Å². The van der Waals surface area contributed by atoms with E-state index in [9.17, 15) is 13.2 Å². The zero-order valence-corrected chi connectivity index (χ0v) is 15.8. The Hall–Kier alpha value is -1.82. The fourth-order valence-electron chi connectivity index (χ4n) is 2.77. The first-order valence-electron chi connectivity index (χ1n) is 8.64. The second-order valence-corrected chi connectivity index (χ2v) is 10.2. The van der Waals surface area contributed by atoms with Crippen molar-refractivity contribution in [2.45, 2.75) is 51.2 Å². The smallest absolute Gasteiger partial charge is 0.162 e. The molecule has 1 aliphatic heterocycles. The number of carbonyl (C=O) groups excluding carboxylic acids is 1. The third-order valence-electron chi connectivity index (χ3n) is 5.03. The molecule has 3 rings (SSSR count). The van der Waals surface area contributed by atoms with Gasteiger partial charge in [0.05, 0.1) is 17.2 Å². The highest BCUT2D eigenvalue weighted by atomic mass is 32.2. The van der Waals surface area contributed by atoms with Crippen molar-refractivity contribution in [1.82, 2.24) is 0 Å². The van der Waals surface area contributed by atoms with E-state index in [-0.39, 0.29) is 23.9 Å². The highest BCUT2D eigenvalue weighted by Gasteiger charge is 2.44. The molecule has 0 amide bonds. The summed E-state index contributed by atoms with van der Waals surface area (Å²) >= 11 is 0. The lowest BCUT2D eigenvalue weighted by Gasteiger charge is -2.23. The molecule has 0 radical (unpaired) electrons. The molecule has 1 saturated carbocycles. The maximum absolute atomic E-state index is 12.6. The van der Waals surface area contributed by atoms with Crippen LogP contribution in [-0.4, -0.2) is 36.1 Å². The molecule has 0 saturated heterocycles. The van der Waals surface area contributed by atoms with Gasteiger partial charge in [-0.15, -0.1) is 0 Å². The summed E-state index contributed by atoms with van der Waals surface area (Å²) in [6.45, 7) is 5.06. The Bertz CT molecular complexity index is 845. The van der Waals surface area contributed by atoms with Crippen molar-refractivity contribution in [1.29, 1.82) is 0 Å². The predicted molar refractivity (Wildman–Crippen MR) is 100.0 cm³/mol. The Kier molecular flexibility index (Phi) is 4.66. The summed E-state index contributed by atoms with van der Waals surface area (Å²) in [5, 5.41) is 8.29. The van der Waals surface area contributed by atoms with Crippen molar-refractivity contribution < 1.29 is 13.2 Å². The second-order valence-electron chi connectivity index (χ2n) is 7.59. The lowest BCUT2D eigenvalue weighted by molar-refractivity contribution is -0.119. The largest absolute Gasteiger partial charge is 0.298 e. The first-order chi connectivity index (χ1) is 11.7. The van der Waals surface area contributed by atoms with Gasteiger partial charge in [0.2, 0.25) is 0 Å². The van der Waals surface area contributed by atoms with Crippen LogP contribution in [0.3, 0.4) is 0 Å². The zero-order valence-electron chi connectivity index (χ0n) is 14.9. The van der Waals surface area contributed by atoms with Crippen molar-refractivity contribution in [2.75, 3.05) is 5.75 Å². The van der Waals surface area contributed by atoms with E-state index in [1.807, 2.05) is 31.2 Å². The number of sulfone groups is 1. The fraction of sp³-hybridized carbons (Fsp3) is 0.526. The molecule has 134 valence electrons. The Morgan fingerprint density at radius 1 is 1.16 bits per heavy atom. The van der Waals surface area contributed by atoms with E-state index in [1.54, 1.807) is 0 Å². The molecule has 0 aromatic heterocycles. The monoisotopic (exact) mass is 360 g/mol. The van der Waals surface area contributed by atoms with Crippen LogP contribution in [0.2, 0.25) is 0 Å². The lowest BCUT2D eigenvalue weighted by atomic mass is 9.98. The standard InChI is InChI=1S/C19H24N2O3S/c1-13-4-8-15(9-5-13)17-10-16(20-21-17)11-18(22)19(2,3)25(23,24)12-14-6-7-14/h4-5,8-9,14H,6-7,10-12H2,1-3H3. The van der Waals surface area contributed by atoms with E-state index in [0.717, 1.165) is 24.1 Å². The molecule has 0 N–H and O–H groups in total. The summed E-state index contributed by atoms with van der Waals surface area (Å²) in [6.07, 6.45) is 2.43. The van der Waals surface area contributed by atoms with Gasteiger partial charge in [-0.3, -0.25) is 4.79 Å². The number of Topliss-reactive ketones (excluding diaryl/α,β-unsaturated/α-hetero) is 1. The van der Waals surface area contributed by atoms with E-state index in [0.29, 0.717) is 12.1 Å². The minimum atomic E-state index is -3.45. The van der Waals surface area contributed by atoms with Gasteiger partial charge in [0.15, 0.2) is 15.6 Å². The molecule has 1 aromatic rings. The Morgan fingerprint density at radius 3 is 2.40 bits per heavy atom. The van der Waals surface area contributed by atoms with Crippen LogP contribution in [0.4, 0.5) is 0 Å². The summed E-state index contributed by atoms with van der Waals surface area (Å²) < 4.78 is 23.7. The zero-order chi connectivity index (χ0) is 18.2. The van der Waals surface area contributed by atoms with Crippen LogP contribution in [0.25, 0.3) is 0 Å². The van der Waals surface area contributed by atoms with Gasteiger partial charge in [0.1, 0.15) is 4.75 Å². The van der Waals surface area contributed by atoms with Gasteiger partial charge in [0, 0.05) is 12.8 Å². The van der Waals surface area contributed by atoms with Crippen LogP contribution in [0, 0.1) is 12.8 Å². The molecule has 6 heteroatoms. The minimum absolute atomic E-state index is 0.0375. The topological polar surface area (TPSA) is 75.9 Å². The van der Waals surface area contributed by atoms with E-state index in [4.69, 9.17) is 0 Å². The molecular weight excluding hydrogens is 336 g/mol. The normalized spacial score (nSPS) is 18.0. The SMILES string of the molecule is Cc1ccc(C2=NN=C(CC(=O)C(C)(C)S(=O)(=O)CC3CC3)C2)cc1. The number of aryl methyl sites for hydroxylation is 1. The highest BCUT2D eigenvalue weighted by Crippen LogP contribution is 2.34. The van der Waals surface area contributed by atoms with Crippen LogP contribution in [0.5, 0.6) is 0 Å². The summed E-state index contributed by atoms with van der Waals surface area (Å²) in [7, 11) is -3.45. The molecule has 0 unspecified atom stereocenters. The number of ketones is 1. The summed E-state index contributed by atoms with van der Waals surface area (Å²) in [6, 6.07) is 7.99. The molecular formula is C19H24N2O3S. The molecule has 0 atom stereocenters. The molecule has 2 aliphatic rings. The summed E-state index contributed by atoms with van der Waals surface area (Å²) in [4.78, 5) is 12.6. The molecule has 25 heavy (non-hydrogen) atoms. The number of rotatable bonds is 7. The number of nitrogens with zero attached hydrogens (tertiary/aromatic N) is 2. The van der Waals surface area contributed by atoms with E-state index in [1.165, 1.54) is 19.4 Å². The Morgan fingerprint density at radius 2 is 1.80 bits per heavy atom. The Labute approximate surface area is 149 Å². The molecule has 1 fully saturated rings. The third-order valence-corrected chi connectivity index (χ3v) is 7.73. The van der Waals surface area contributed by atoms with E-state index < -0.39 is 14.6 Å². The lowest BCUT2D eigenvalue weighted by Crippen LogP contribution is -2.43. The van der Waals surface area contributed by atoms with Crippen LogP contribution < -0.4 is 0 Å². The van der Waals surface area contributed by atoms with Gasteiger partial charge < -0.3 is 0 Å². The number of carbonyl (C=O) groups is 1. The van der Waals surface area contributed by atoms with E-state index in [2.05, 4.69) is 10.2 Å². The average Bonchev–Trinajstić information content (AvgIpc) is 3.22. The summed E-state index contributed by atoms with van der Waals surface area (Å²) in [5.41, 5.74) is 3.61. The maximum Gasteiger partial charge on any atom is 0.162 e. The van der Waals surface area contributed by atoms with Gasteiger partial charge >= 0.3 is 0 Å². The van der Waals surface area contributed by atoms with Gasteiger partial charge in [-0.1, -0.05) is 29.8 Å². The molecule has 0 bridgehead atoms. The first kappa shape index (κ1) is 18.0. The fourth-order valence-corrected chi connectivity index (χ4v) is 4.56. The average molecular weight is 360 g/mol. The quantitative estimate of drug-likeness (QED) is 0.750. The number of hydrogen-bond donors (Lipinski definition) is 0. The third kappa shape index (κ3) is 3.89. The minimum Gasteiger partial charge on any atom is -0.298 e. The highest BCUT2D eigenvalue weighted by molar-refractivity contribution is 7.93. The Balaban J connectivity index is 1.63. The van der Waals surface area contributed by atoms with Gasteiger partial charge in [0.25, 0.3) is 0 Å². The van der Waals surface area contributed by atoms with Crippen LogP contribution in [0.1, 0.15) is 50.7 Å². The van der Waals surface area contributed by atoms with Gasteiger partial charge in [-0.25, -0.2) is 8.42 Å². The van der Waals surface area contributed by atoms with Crippen molar-refractivity contribution in [3.63, 3.8) is 0 Å². The molecule has 5 nitrogen and oxygen atoms in total. The van der Waals surface area contributed by atoms with E-state index >= 15 is 0 Å². The number of hydrogen-bond acceptors (Lipinski definition) is 5. The maximum atomic E-state index is 12.6. The number of benzene rings is 1. The summed E-state index contributed by atoms with van der Waals surface area (Å²) in [5.74, 6) is 0.0493. The molecule has 1 heterocycles. The van der Waals surface area contributed by atoms with Crippen LogP contribution >= 0.6 is 0 Å². The van der Waals surface area contributed by atoms with Crippen LogP contribution in [-0.2, 0) is 14.6 Å². The predicted octanol–water partition coefficient (Wildman–Crippen LogP) is 3.11. The van der Waals surface area contributed by atoms with Crippen molar-refractivity contribution in [3.05, 3.63) is 35.4 Å². The van der Waals surface area contributed by atoms with Gasteiger partial charge in [-0.05, 0) is 45.1 Å². The van der Waals surface area contributed by atoms with Gasteiger partial charge in [-0.2, -0.15) is 10.2 Å².